The molecule has 1 aromatic carbocycles. The minimum atomic E-state index is -0.195. The smallest absolute Gasteiger partial charge is 0.317 e. The monoisotopic (exact) mass is 244 g/mol. The predicted molar refractivity (Wildman–Crippen MR) is 67.9 cm³/mol. The molecule has 2 aliphatic rings. The summed E-state index contributed by atoms with van der Waals surface area (Å²) in [6.45, 7) is 3.71. The third kappa shape index (κ3) is 1.82. The van der Waals surface area contributed by atoms with Crippen molar-refractivity contribution in [1.82, 2.24) is 4.90 Å². The maximum absolute atomic E-state index is 11.6. The number of carbonyl (C=O) groups excluding carboxylic acids is 1. The fraction of sp³-hybridized carbons (Fsp3) is 0.429. The van der Waals surface area contributed by atoms with Crippen LogP contribution in [0.1, 0.15) is 18.9 Å². The van der Waals surface area contributed by atoms with Gasteiger partial charge in [0.15, 0.2) is 0 Å². The van der Waals surface area contributed by atoms with E-state index in [0.717, 1.165) is 25.2 Å². The quantitative estimate of drug-likeness (QED) is 0.761. The average Bonchev–Trinajstić information content (AvgIpc) is 2.91. The van der Waals surface area contributed by atoms with Crippen molar-refractivity contribution in [2.45, 2.75) is 25.9 Å². The zero-order valence-electron chi connectivity index (χ0n) is 10.4. The highest BCUT2D eigenvalue weighted by Crippen LogP contribution is 2.29. The van der Waals surface area contributed by atoms with Gasteiger partial charge < -0.3 is 4.84 Å². The highest BCUT2D eigenvalue weighted by atomic mass is 16.7. The van der Waals surface area contributed by atoms with Crippen LogP contribution in [-0.4, -0.2) is 29.2 Å². The zero-order chi connectivity index (χ0) is 12.5. The lowest BCUT2D eigenvalue weighted by molar-refractivity contribution is -0.143. The highest BCUT2D eigenvalue weighted by molar-refractivity contribution is 6.09. The lowest BCUT2D eigenvalue weighted by atomic mass is 10.0. The number of hydrogen-bond acceptors (Lipinski definition) is 4. The predicted octanol–water partition coefficient (Wildman–Crippen LogP) is 1.81. The second-order valence-electron chi connectivity index (χ2n) is 4.82. The van der Waals surface area contributed by atoms with Gasteiger partial charge in [0.1, 0.15) is 5.92 Å². The molecule has 0 saturated carbocycles. The summed E-state index contributed by atoms with van der Waals surface area (Å²) < 4.78 is 0. The van der Waals surface area contributed by atoms with Gasteiger partial charge in [-0.05, 0) is 12.0 Å². The van der Waals surface area contributed by atoms with Crippen molar-refractivity contribution >= 4 is 11.7 Å². The van der Waals surface area contributed by atoms with E-state index in [4.69, 9.17) is 4.84 Å². The molecule has 0 aromatic heterocycles. The molecule has 4 heteroatoms. The van der Waals surface area contributed by atoms with E-state index in [2.05, 4.69) is 29.1 Å². The van der Waals surface area contributed by atoms with Gasteiger partial charge in [-0.25, -0.2) is 4.79 Å². The van der Waals surface area contributed by atoms with E-state index >= 15 is 0 Å². The number of rotatable bonds is 3. The van der Waals surface area contributed by atoms with Crippen LogP contribution in [0.4, 0.5) is 0 Å². The van der Waals surface area contributed by atoms with Crippen molar-refractivity contribution in [1.29, 1.82) is 0 Å². The highest BCUT2D eigenvalue weighted by Gasteiger charge is 2.46. The van der Waals surface area contributed by atoms with Crippen LogP contribution in [0, 0.1) is 5.92 Å². The Morgan fingerprint density at radius 2 is 2.17 bits per heavy atom. The number of nitrogens with zero attached hydrogens (tertiary/aromatic N) is 2. The van der Waals surface area contributed by atoms with Crippen molar-refractivity contribution in [3.63, 3.8) is 0 Å². The number of fused-ring (bicyclic) bond motifs is 1. The first-order chi connectivity index (χ1) is 8.79. The van der Waals surface area contributed by atoms with Crippen LogP contribution in [0.25, 0.3) is 0 Å². The first-order valence-electron chi connectivity index (χ1n) is 6.36. The summed E-state index contributed by atoms with van der Waals surface area (Å²) in [6.07, 6.45) is 0.957. The molecule has 4 nitrogen and oxygen atoms in total. The summed E-state index contributed by atoms with van der Waals surface area (Å²) in [5.41, 5.74) is 2.18. The van der Waals surface area contributed by atoms with Gasteiger partial charge in [0.2, 0.25) is 0 Å². The molecule has 2 heterocycles. The largest absolute Gasteiger partial charge is 0.345 e. The Morgan fingerprint density at radius 3 is 2.89 bits per heavy atom. The van der Waals surface area contributed by atoms with Gasteiger partial charge in [-0.15, -0.1) is 0 Å². The van der Waals surface area contributed by atoms with Gasteiger partial charge in [0.05, 0.1) is 11.8 Å². The molecule has 94 valence electrons. The number of benzene rings is 1. The fourth-order valence-corrected chi connectivity index (χ4v) is 2.82. The standard InChI is InChI=1S/C14H16N2O2/c1-2-12-13-11(14(17)18-15-13)9-16(12)8-10-6-4-3-5-7-10/h3-7,11-12H,2,8-9H2,1H3. The first kappa shape index (κ1) is 11.4. The number of likely N-dealkylation sites (tertiary alicyclic amines) is 1. The molecule has 0 radical (unpaired) electrons. The summed E-state index contributed by atoms with van der Waals surface area (Å²) in [6, 6.07) is 10.6. The summed E-state index contributed by atoms with van der Waals surface area (Å²) in [5.74, 6) is -0.335. The van der Waals surface area contributed by atoms with Crippen LogP contribution in [-0.2, 0) is 16.2 Å². The molecule has 2 atom stereocenters. The van der Waals surface area contributed by atoms with E-state index in [-0.39, 0.29) is 17.9 Å². The lowest BCUT2D eigenvalue weighted by Crippen LogP contribution is -2.32. The maximum Gasteiger partial charge on any atom is 0.345 e. The summed E-state index contributed by atoms with van der Waals surface area (Å²) in [4.78, 5) is 18.6. The van der Waals surface area contributed by atoms with Crippen molar-refractivity contribution < 1.29 is 9.63 Å². The zero-order valence-corrected chi connectivity index (χ0v) is 10.4. The van der Waals surface area contributed by atoms with Gasteiger partial charge in [-0.1, -0.05) is 42.4 Å². The van der Waals surface area contributed by atoms with E-state index in [0.29, 0.717) is 0 Å². The van der Waals surface area contributed by atoms with Crippen molar-refractivity contribution in [3.8, 4) is 0 Å². The molecule has 1 fully saturated rings. The van der Waals surface area contributed by atoms with E-state index in [1.54, 1.807) is 0 Å². The molecule has 1 aromatic rings. The van der Waals surface area contributed by atoms with E-state index in [1.165, 1.54) is 5.56 Å². The summed E-state index contributed by atoms with van der Waals surface area (Å²) >= 11 is 0. The van der Waals surface area contributed by atoms with E-state index in [1.807, 2.05) is 18.2 Å². The van der Waals surface area contributed by atoms with E-state index < -0.39 is 0 Å². The number of carbonyl (C=O) groups is 1. The minimum Gasteiger partial charge on any atom is -0.317 e. The molecule has 0 bridgehead atoms. The molecule has 3 rings (SSSR count). The van der Waals surface area contributed by atoms with Crippen LogP contribution in [0.2, 0.25) is 0 Å². The molecule has 1 saturated heterocycles. The molecule has 18 heavy (non-hydrogen) atoms. The Bertz CT molecular complexity index is 484. The summed E-state index contributed by atoms with van der Waals surface area (Å²) in [7, 11) is 0. The normalized spacial score (nSPS) is 26.9. The molecule has 2 unspecified atom stereocenters. The second kappa shape index (κ2) is 4.53. The number of oxime groups is 1. The van der Waals surface area contributed by atoms with Crippen LogP contribution >= 0.6 is 0 Å². The van der Waals surface area contributed by atoms with Crippen LogP contribution in [0.15, 0.2) is 35.5 Å². The minimum absolute atomic E-state index is 0.140. The SMILES string of the molecule is CCC1C2=NOC(=O)C2CN1Cc1ccccc1. The van der Waals surface area contributed by atoms with Crippen LogP contribution in [0.3, 0.4) is 0 Å². The molecule has 0 amide bonds. The fourth-order valence-electron chi connectivity index (χ4n) is 2.82. The van der Waals surface area contributed by atoms with Crippen LogP contribution < -0.4 is 0 Å². The van der Waals surface area contributed by atoms with Gasteiger partial charge >= 0.3 is 5.97 Å². The Morgan fingerprint density at radius 1 is 1.39 bits per heavy atom. The Hall–Kier alpha value is -1.68. The van der Waals surface area contributed by atoms with Crippen LogP contribution in [0.5, 0.6) is 0 Å². The Kier molecular flexibility index (Phi) is 2.88. The molecule has 0 spiro atoms. The first-order valence-corrected chi connectivity index (χ1v) is 6.36. The Balaban J connectivity index is 1.79. The third-order valence-corrected chi connectivity index (χ3v) is 3.70. The van der Waals surface area contributed by atoms with Gasteiger partial charge in [0, 0.05) is 13.1 Å². The molecular formula is C14H16N2O2. The second-order valence-corrected chi connectivity index (χ2v) is 4.82. The average molecular weight is 244 g/mol. The van der Waals surface area contributed by atoms with E-state index in [9.17, 15) is 4.79 Å². The van der Waals surface area contributed by atoms with Gasteiger partial charge in [0.25, 0.3) is 0 Å². The van der Waals surface area contributed by atoms with Crippen molar-refractivity contribution in [2.75, 3.05) is 6.54 Å². The van der Waals surface area contributed by atoms with Crippen molar-refractivity contribution in [3.05, 3.63) is 35.9 Å². The van der Waals surface area contributed by atoms with Gasteiger partial charge in [-0.3, -0.25) is 4.90 Å². The third-order valence-electron chi connectivity index (χ3n) is 3.70. The molecule has 2 aliphatic heterocycles. The Labute approximate surface area is 106 Å². The van der Waals surface area contributed by atoms with Gasteiger partial charge in [-0.2, -0.15) is 0 Å². The molecule has 0 aliphatic carbocycles. The molecular weight excluding hydrogens is 228 g/mol. The maximum atomic E-state index is 11.6. The molecule has 0 N–H and O–H groups in total. The van der Waals surface area contributed by atoms with Crippen molar-refractivity contribution in [2.24, 2.45) is 11.1 Å². The topological polar surface area (TPSA) is 41.9 Å². The lowest BCUT2D eigenvalue weighted by Gasteiger charge is -2.23. The summed E-state index contributed by atoms with van der Waals surface area (Å²) in [5, 5.41) is 3.95. The number of hydrogen-bond donors (Lipinski definition) is 0.